The second-order valence-electron chi connectivity index (χ2n) is 4.13. The van der Waals surface area contributed by atoms with Gasteiger partial charge in [-0.25, -0.2) is 4.52 Å². The van der Waals surface area contributed by atoms with Crippen molar-refractivity contribution in [3.63, 3.8) is 0 Å². The lowest BCUT2D eigenvalue weighted by Gasteiger charge is -2.06. The third kappa shape index (κ3) is 2.57. The first-order chi connectivity index (χ1) is 10.2. The van der Waals surface area contributed by atoms with Crippen molar-refractivity contribution in [1.29, 1.82) is 0 Å². The summed E-state index contributed by atoms with van der Waals surface area (Å²) in [5, 5.41) is 8.76. The van der Waals surface area contributed by atoms with Crippen LogP contribution in [0.5, 0.6) is 5.75 Å². The summed E-state index contributed by atoms with van der Waals surface area (Å²) < 4.78 is 7.04. The molecular formula is C13H11ClN4O2S. The highest BCUT2D eigenvalue weighted by Gasteiger charge is 2.15. The van der Waals surface area contributed by atoms with Crippen LogP contribution in [0.3, 0.4) is 0 Å². The number of halogens is 1. The molecule has 0 bridgehead atoms. The average Bonchev–Trinajstić information content (AvgIpc) is 3.06. The van der Waals surface area contributed by atoms with Gasteiger partial charge in [0.15, 0.2) is 0 Å². The summed E-state index contributed by atoms with van der Waals surface area (Å²) in [5.74, 6) is 0.517. The Morgan fingerprint density at radius 3 is 3.05 bits per heavy atom. The number of thiazole rings is 1. The molecule has 3 aromatic rings. The second-order valence-corrected chi connectivity index (χ2v) is 5.24. The molecule has 0 aliphatic carbocycles. The van der Waals surface area contributed by atoms with Crippen molar-refractivity contribution < 1.29 is 9.53 Å². The largest absolute Gasteiger partial charge is 0.496 e. The van der Waals surface area contributed by atoms with Gasteiger partial charge in [0.25, 0.3) is 0 Å². The number of anilines is 1. The van der Waals surface area contributed by atoms with Gasteiger partial charge < -0.3 is 4.74 Å². The van der Waals surface area contributed by atoms with Crippen molar-refractivity contribution in [1.82, 2.24) is 14.6 Å². The summed E-state index contributed by atoms with van der Waals surface area (Å²) in [5.41, 5.74) is 1.76. The zero-order valence-electron chi connectivity index (χ0n) is 11.0. The minimum atomic E-state index is -0.339. The number of aromatic nitrogens is 3. The van der Waals surface area contributed by atoms with E-state index in [-0.39, 0.29) is 17.7 Å². The van der Waals surface area contributed by atoms with Crippen LogP contribution in [-0.4, -0.2) is 33.5 Å². The molecule has 0 unspecified atom stereocenters. The Hall–Kier alpha value is -2.12. The molecule has 2 heterocycles. The van der Waals surface area contributed by atoms with Crippen LogP contribution in [-0.2, 0) is 4.79 Å². The Bertz CT molecular complexity index is 798. The molecule has 0 spiro atoms. The quantitative estimate of drug-likeness (QED) is 0.750. The van der Waals surface area contributed by atoms with Gasteiger partial charge in [-0.15, -0.1) is 28.0 Å². The van der Waals surface area contributed by atoms with Gasteiger partial charge >= 0.3 is 0 Å². The van der Waals surface area contributed by atoms with Crippen LogP contribution in [0.4, 0.5) is 5.95 Å². The molecule has 21 heavy (non-hydrogen) atoms. The number of benzene rings is 1. The highest BCUT2D eigenvalue weighted by atomic mass is 35.5. The molecule has 0 atom stereocenters. The highest BCUT2D eigenvalue weighted by molar-refractivity contribution is 7.15. The van der Waals surface area contributed by atoms with Gasteiger partial charge in [0.1, 0.15) is 11.6 Å². The monoisotopic (exact) mass is 322 g/mol. The zero-order chi connectivity index (χ0) is 14.8. The Morgan fingerprint density at radius 2 is 2.29 bits per heavy atom. The number of hydrogen-bond donors (Lipinski definition) is 1. The first-order valence-electron chi connectivity index (χ1n) is 6.06. The lowest BCUT2D eigenvalue weighted by molar-refractivity contribution is -0.114. The molecule has 0 saturated heterocycles. The third-order valence-electron chi connectivity index (χ3n) is 2.84. The number of methoxy groups -OCH3 is 1. The van der Waals surface area contributed by atoms with Crippen LogP contribution in [0.25, 0.3) is 16.2 Å². The average molecular weight is 323 g/mol. The molecule has 1 N–H and O–H groups in total. The Morgan fingerprint density at radius 1 is 1.48 bits per heavy atom. The van der Waals surface area contributed by atoms with Crippen molar-refractivity contribution in [2.24, 2.45) is 0 Å². The number of carbonyl (C=O) groups is 1. The number of fused-ring (bicyclic) bond motifs is 1. The smallest absolute Gasteiger partial charge is 0.250 e. The van der Waals surface area contributed by atoms with Crippen LogP contribution in [0.15, 0.2) is 29.6 Å². The molecular weight excluding hydrogens is 312 g/mol. The van der Waals surface area contributed by atoms with Gasteiger partial charge in [0.2, 0.25) is 16.8 Å². The van der Waals surface area contributed by atoms with E-state index < -0.39 is 0 Å². The number of amides is 1. The fraction of sp³-hybridized carbons (Fsp3) is 0.154. The second kappa shape index (κ2) is 5.71. The predicted octanol–water partition coefficient (Wildman–Crippen LogP) is 2.64. The molecule has 8 heteroatoms. The third-order valence-corrected chi connectivity index (χ3v) is 3.90. The van der Waals surface area contributed by atoms with Crippen molar-refractivity contribution >= 4 is 39.8 Å². The number of hydrogen-bond acceptors (Lipinski definition) is 5. The number of rotatable bonds is 4. The van der Waals surface area contributed by atoms with Crippen LogP contribution in [0.2, 0.25) is 0 Å². The first-order valence-corrected chi connectivity index (χ1v) is 7.48. The SMILES string of the molecule is COc1ccccc1-c1csc2nc(NC(=O)CCl)nn12. The first kappa shape index (κ1) is 13.8. The molecule has 0 radical (unpaired) electrons. The molecule has 1 aromatic carbocycles. The van der Waals surface area contributed by atoms with E-state index in [0.717, 1.165) is 17.0 Å². The Balaban J connectivity index is 2.05. The summed E-state index contributed by atoms with van der Waals surface area (Å²) in [7, 11) is 1.62. The number of carbonyl (C=O) groups excluding carboxylic acids is 1. The summed E-state index contributed by atoms with van der Waals surface area (Å²) in [6.45, 7) is 0. The van der Waals surface area contributed by atoms with E-state index in [1.165, 1.54) is 11.3 Å². The van der Waals surface area contributed by atoms with E-state index in [0.29, 0.717) is 4.96 Å². The Labute approximate surface area is 129 Å². The molecule has 108 valence electrons. The number of para-hydroxylation sites is 1. The summed E-state index contributed by atoms with van der Waals surface area (Å²) >= 11 is 6.89. The van der Waals surface area contributed by atoms with Gasteiger partial charge in [-0.2, -0.15) is 4.98 Å². The van der Waals surface area contributed by atoms with Gasteiger partial charge in [0, 0.05) is 10.9 Å². The topological polar surface area (TPSA) is 68.5 Å². The maximum atomic E-state index is 11.3. The van der Waals surface area contributed by atoms with Crippen molar-refractivity contribution in [3.05, 3.63) is 29.6 Å². The molecule has 0 aliphatic heterocycles. The van der Waals surface area contributed by atoms with E-state index in [4.69, 9.17) is 16.3 Å². The fourth-order valence-electron chi connectivity index (χ4n) is 1.93. The van der Waals surface area contributed by atoms with Crippen LogP contribution < -0.4 is 10.1 Å². The van der Waals surface area contributed by atoms with Crippen molar-refractivity contribution in [2.75, 3.05) is 18.3 Å². The summed E-state index contributed by atoms with van der Waals surface area (Å²) in [6, 6.07) is 7.65. The maximum absolute atomic E-state index is 11.3. The van der Waals surface area contributed by atoms with E-state index in [1.54, 1.807) is 11.6 Å². The standard InChI is InChI=1S/C13H11ClN4O2S/c1-20-10-5-3-2-4-8(10)9-7-21-13-16-12(17-18(9)13)15-11(19)6-14/h2-5,7H,6H2,1H3,(H,15,17,19). The number of nitrogens with zero attached hydrogens (tertiary/aromatic N) is 3. The fourth-order valence-corrected chi connectivity index (χ4v) is 2.82. The number of ether oxygens (including phenoxy) is 1. The van der Waals surface area contributed by atoms with Crippen LogP contribution in [0, 0.1) is 0 Å². The summed E-state index contributed by atoms with van der Waals surface area (Å²) in [4.78, 5) is 16.2. The molecule has 0 aliphatic rings. The van der Waals surface area contributed by atoms with Gasteiger partial charge in [-0.1, -0.05) is 12.1 Å². The van der Waals surface area contributed by atoms with Gasteiger partial charge in [0.05, 0.1) is 12.8 Å². The molecule has 2 aromatic heterocycles. The van der Waals surface area contributed by atoms with Crippen molar-refractivity contribution in [3.8, 4) is 17.0 Å². The highest BCUT2D eigenvalue weighted by Crippen LogP contribution is 2.32. The van der Waals surface area contributed by atoms with E-state index >= 15 is 0 Å². The zero-order valence-corrected chi connectivity index (χ0v) is 12.6. The Kier molecular flexibility index (Phi) is 3.76. The maximum Gasteiger partial charge on any atom is 0.250 e. The normalized spacial score (nSPS) is 10.8. The molecule has 0 saturated carbocycles. The molecule has 3 rings (SSSR count). The lowest BCUT2D eigenvalue weighted by Crippen LogP contribution is -2.13. The van der Waals surface area contributed by atoms with Gasteiger partial charge in [-0.05, 0) is 12.1 Å². The predicted molar refractivity (Wildman–Crippen MR) is 82.2 cm³/mol. The molecule has 6 nitrogen and oxygen atoms in total. The van der Waals surface area contributed by atoms with E-state index in [9.17, 15) is 4.79 Å². The van der Waals surface area contributed by atoms with Crippen molar-refractivity contribution in [2.45, 2.75) is 0 Å². The number of nitrogens with one attached hydrogen (secondary N) is 1. The van der Waals surface area contributed by atoms with Crippen LogP contribution in [0.1, 0.15) is 0 Å². The van der Waals surface area contributed by atoms with E-state index in [2.05, 4.69) is 15.4 Å². The minimum absolute atomic E-state index is 0.133. The molecule has 0 fully saturated rings. The van der Waals surface area contributed by atoms with Gasteiger partial charge in [-0.3, -0.25) is 10.1 Å². The lowest BCUT2D eigenvalue weighted by atomic mass is 10.1. The summed E-state index contributed by atoms with van der Waals surface area (Å²) in [6.07, 6.45) is 0. The minimum Gasteiger partial charge on any atom is -0.496 e. The van der Waals surface area contributed by atoms with E-state index in [1.807, 2.05) is 29.6 Å². The molecule has 1 amide bonds. The van der Waals surface area contributed by atoms with Crippen LogP contribution >= 0.6 is 22.9 Å². The number of alkyl halides is 1.